The van der Waals surface area contributed by atoms with Crippen molar-refractivity contribution in [3.8, 4) is 11.4 Å². The topological polar surface area (TPSA) is 85.6 Å². The van der Waals surface area contributed by atoms with Gasteiger partial charge in [-0.05, 0) is 38.1 Å². The lowest BCUT2D eigenvalue weighted by atomic mass is 10.3. The van der Waals surface area contributed by atoms with Crippen molar-refractivity contribution in [2.24, 2.45) is 0 Å². The Balaban J connectivity index is 1.69. The number of nitrogens with zero attached hydrogens (tertiary/aromatic N) is 5. The van der Waals surface area contributed by atoms with Crippen LogP contribution in [0, 0.1) is 13.8 Å². The molecule has 7 heteroatoms. The zero-order valence-corrected chi connectivity index (χ0v) is 13.6. The number of aryl methyl sites for hydroxylation is 2. The van der Waals surface area contributed by atoms with Crippen LogP contribution >= 0.6 is 0 Å². The molecule has 0 aliphatic rings. The molecule has 0 bridgehead atoms. The van der Waals surface area contributed by atoms with Crippen LogP contribution in [0.15, 0.2) is 47.5 Å². The third-order valence-corrected chi connectivity index (χ3v) is 3.55. The molecule has 3 aromatic rings. The van der Waals surface area contributed by atoms with E-state index in [1.54, 1.807) is 17.0 Å². The van der Waals surface area contributed by atoms with Gasteiger partial charge in [0, 0.05) is 36.9 Å². The fourth-order valence-electron chi connectivity index (χ4n) is 2.43. The first-order valence-corrected chi connectivity index (χ1v) is 7.67. The smallest absolute Gasteiger partial charge is 0.348 e. The van der Waals surface area contributed by atoms with E-state index in [1.807, 2.05) is 44.2 Å². The highest BCUT2D eigenvalue weighted by molar-refractivity contribution is 5.54. The van der Waals surface area contributed by atoms with Crippen LogP contribution in [0.5, 0.6) is 0 Å². The lowest BCUT2D eigenvalue weighted by Crippen LogP contribution is -2.28. The van der Waals surface area contributed by atoms with E-state index >= 15 is 0 Å². The van der Waals surface area contributed by atoms with Gasteiger partial charge in [-0.1, -0.05) is 6.07 Å². The van der Waals surface area contributed by atoms with E-state index in [-0.39, 0.29) is 5.69 Å². The highest BCUT2D eigenvalue weighted by Crippen LogP contribution is 2.13. The summed E-state index contributed by atoms with van der Waals surface area (Å²) in [5.41, 5.74) is 2.92. The predicted octanol–water partition coefficient (Wildman–Crippen LogP) is 1.82. The first-order valence-electron chi connectivity index (χ1n) is 7.67. The summed E-state index contributed by atoms with van der Waals surface area (Å²) in [7, 11) is 0. The van der Waals surface area contributed by atoms with Gasteiger partial charge in [0.25, 0.3) is 0 Å². The van der Waals surface area contributed by atoms with E-state index in [4.69, 9.17) is 0 Å². The van der Waals surface area contributed by atoms with Crippen molar-refractivity contribution >= 4 is 5.95 Å². The Morgan fingerprint density at radius 1 is 1.04 bits per heavy atom. The lowest BCUT2D eigenvalue weighted by Gasteiger charge is -2.10. The van der Waals surface area contributed by atoms with Gasteiger partial charge in [0.2, 0.25) is 5.95 Å². The van der Waals surface area contributed by atoms with Crippen molar-refractivity contribution in [2.45, 2.75) is 20.4 Å². The summed E-state index contributed by atoms with van der Waals surface area (Å²) < 4.78 is 1.63. The Labute approximate surface area is 139 Å². The normalized spacial score (nSPS) is 10.6. The van der Waals surface area contributed by atoms with Crippen LogP contribution in [0.3, 0.4) is 0 Å². The maximum atomic E-state index is 11.9. The molecule has 24 heavy (non-hydrogen) atoms. The Hall–Kier alpha value is -3.09. The number of nitrogens with one attached hydrogen (secondary N) is 1. The molecule has 3 aromatic heterocycles. The molecule has 0 saturated heterocycles. The molecule has 0 spiro atoms. The van der Waals surface area contributed by atoms with Crippen LogP contribution < -0.4 is 11.0 Å². The molecule has 0 amide bonds. The van der Waals surface area contributed by atoms with E-state index in [9.17, 15) is 4.79 Å². The molecule has 0 aliphatic carbocycles. The first kappa shape index (κ1) is 15.8. The second-order valence-electron chi connectivity index (χ2n) is 5.38. The fraction of sp³-hybridized carbons (Fsp3) is 0.235. The van der Waals surface area contributed by atoms with Crippen LogP contribution in [-0.2, 0) is 6.54 Å². The van der Waals surface area contributed by atoms with Crippen LogP contribution in [0.4, 0.5) is 5.95 Å². The van der Waals surface area contributed by atoms with Crippen molar-refractivity contribution < 1.29 is 0 Å². The average molecular weight is 322 g/mol. The van der Waals surface area contributed by atoms with Crippen molar-refractivity contribution in [3.63, 3.8) is 0 Å². The largest absolute Gasteiger partial charge is 0.352 e. The lowest BCUT2D eigenvalue weighted by molar-refractivity contribution is 0.646. The van der Waals surface area contributed by atoms with Crippen molar-refractivity contribution in [3.05, 3.63) is 64.6 Å². The molecule has 7 nitrogen and oxygen atoms in total. The number of hydrogen-bond acceptors (Lipinski definition) is 6. The van der Waals surface area contributed by atoms with E-state index < -0.39 is 0 Å². The predicted molar refractivity (Wildman–Crippen MR) is 91.7 cm³/mol. The molecule has 0 radical (unpaired) electrons. The Bertz CT molecular complexity index is 891. The molecule has 3 rings (SSSR count). The number of aromatic nitrogens is 5. The number of hydrogen-bond donors (Lipinski definition) is 1. The average Bonchev–Trinajstić information content (AvgIpc) is 2.58. The Morgan fingerprint density at radius 3 is 2.67 bits per heavy atom. The summed E-state index contributed by atoms with van der Waals surface area (Å²) in [4.78, 5) is 28.8. The molecular weight excluding hydrogens is 304 g/mol. The number of anilines is 1. The van der Waals surface area contributed by atoms with E-state index in [1.165, 1.54) is 0 Å². The van der Waals surface area contributed by atoms with Gasteiger partial charge in [-0.2, -0.15) is 4.98 Å². The van der Waals surface area contributed by atoms with Gasteiger partial charge in [-0.3, -0.25) is 9.55 Å². The maximum Gasteiger partial charge on any atom is 0.348 e. The summed E-state index contributed by atoms with van der Waals surface area (Å²) in [6.45, 7) is 4.73. The third kappa shape index (κ3) is 3.62. The molecule has 0 atom stereocenters. The minimum absolute atomic E-state index is 0.238. The monoisotopic (exact) mass is 322 g/mol. The Kier molecular flexibility index (Phi) is 4.60. The molecule has 0 aliphatic heterocycles. The van der Waals surface area contributed by atoms with E-state index in [2.05, 4.69) is 25.3 Å². The van der Waals surface area contributed by atoms with Crippen molar-refractivity contribution in [2.75, 3.05) is 11.9 Å². The molecule has 0 fully saturated rings. The van der Waals surface area contributed by atoms with Gasteiger partial charge in [0.1, 0.15) is 0 Å². The second kappa shape index (κ2) is 6.99. The zero-order chi connectivity index (χ0) is 16.9. The van der Waals surface area contributed by atoms with Gasteiger partial charge in [-0.15, -0.1) is 0 Å². The summed E-state index contributed by atoms with van der Waals surface area (Å²) >= 11 is 0. The standard InChI is InChI=1S/C17H18N6O/c1-12-11-13(2)23(17(24)21-12)10-9-20-16-19-8-6-15(22-16)14-5-3-4-7-18-14/h3-8,11H,9-10H2,1-2H3,(H,19,20,22). The summed E-state index contributed by atoms with van der Waals surface area (Å²) in [5.74, 6) is 0.504. The van der Waals surface area contributed by atoms with Gasteiger partial charge in [0.05, 0.1) is 11.4 Å². The minimum atomic E-state index is -0.238. The van der Waals surface area contributed by atoms with Crippen LogP contribution in [0.1, 0.15) is 11.4 Å². The second-order valence-corrected chi connectivity index (χ2v) is 5.38. The molecule has 0 saturated carbocycles. The molecule has 122 valence electrons. The van der Waals surface area contributed by atoms with Gasteiger partial charge < -0.3 is 5.32 Å². The number of rotatable bonds is 5. The molecule has 3 heterocycles. The van der Waals surface area contributed by atoms with Gasteiger partial charge in [-0.25, -0.2) is 14.8 Å². The molecular formula is C17H18N6O. The fourth-order valence-corrected chi connectivity index (χ4v) is 2.43. The number of pyridine rings is 1. The van der Waals surface area contributed by atoms with Crippen molar-refractivity contribution in [1.82, 2.24) is 24.5 Å². The van der Waals surface area contributed by atoms with Crippen molar-refractivity contribution in [1.29, 1.82) is 0 Å². The van der Waals surface area contributed by atoms with Gasteiger partial charge in [0.15, 0.2) is 0 Å². The summed E-state index contributed by atoms with van der Waals surface area (Å²) in [5, 5.41) is 3.13. The Morgan fingerprint density at radius 2 is 1.92 bits per heavy atom. The zero-order valence-electron chi connectivity index (χ0n) is 13.6. The van der Waals surface area contributed by atoms with Crippen LogP contribution in [0.2, 0.25) is 0 Å². The maximum absolute atomic E-state index is 11.9. The summed E-state index contributed by atoms with van der Waals surface area (Å²) in [6, 6.07) is 9.37. The highest BCUT2D eigenvalue weighted by atomic mass is 16.1. The molecule has 0 unspecified atom stereocenters. The first-order chi connectivity index (χ1) is 11.6. The summed E-state index contributed by atoms with van der Waals surface area (Å²) in [6.07, 6.45) is 3.41. The van der Waals surface area contributed by atoms with Gasteiger partial charge >= 0.3 is 5.69 Å². The quantitative estimate of drug-likeness (QED) is 0.771. The molecule has 0 aromatic carbocycles. The van der Waals surface area contributed by atoms with E-state index in [0.717, 1.165) is 22.8 Å². The van der Waals surface area contributed by atoms with Crippen LogP contribution in [-0.4, -0.2) is 31.0 Å². The van der Waals surface area contributed by atoms with Crippen LogP contribution in [0.25, 0.3) is 11.4 Å². The molecule has 1 N–H and O–H groups in total. The highest BCUT2D eigenvalue weighted by Gasteiger charge is 2.05. The minimum Gasteiger partial charge on any atom is -0.352 e. The van der Waals surface area contributed by atoms with E-state index in [0.29, 0.717) is 19.0 Å². The SMILES string of the molecule is Cc1cc(C)n(CCNc2nccc(-c3ccccn3)n2)c(=O)n1. The third-order valence-electron chi connectivity index (χ3n) is 3.55.